The summed E-state index contributed by atoms with van der Waals surface area (Å²) in [5, 5.41) is 11.2. The summed E-state index contributed by atoms with van der Waals surface area (Å²) in [6.07, 6.45) is 2.06. The third kappa shape index (κ3) is 7.32. The number of amides is 4. The molecule has 8 nitrogen and oxygen atoms in total. The van der Waals surface area contributed by atoms with E-state index in [0.717, 1.165) is 25.0 Å². The van der Waals surface area contributed by atoms with Gasteiger partial charge in [0, 0.05) is 30.1 Å². The van der Waals surface area contributed by atoms with Crippen LogP contribution >= 0.6 is 0 Å². The Balaban J connectivity index is 1.53. The monoisotopic (exact) mass is 452 g/mol. The molecule has 0 aromatic heterocycles. The molecule has 4 N–H and O–H groups in total. The zero-order chi connectivity index (χ0) is 23.8. The number of hydrogen-bond acceptors (Lipinski definition) is 4. The van der Waals surface area contributed by atoms with Crippen molar-refractivity contribution >= 4 is 29.2 Å². The maximum atomic E-state index is 12.8. The van der Waals surface area contributed by atoms with Crippen molar-refractivity contribution in [3.8, 4) is 0 Å². The molecule has 2 aromatic rings. The van der Waals surface area contributed by atoms with Gasteiger partial charge < -0.3 is 26.0 Å². The third-order valence-electron chi connectivity index (χ3n) is 5.44. The molecule has 1 heterocycles. The van der Waals surface area contributed by atoms with Crippen LogP contribution in [0.5, 0.6) is 0 Å². The van der Waals surface area contributed by atoms with Crippen LogP contribution in [-0.4, -0.2) is 43.1 Å². The Morgan fingerprint density at radius 2 is 1.73 bits per heavy atom. The normalized spacial score (nSPS) is 16.2. The van der Waals surface area contributed by atoms with E-state index in [1.54, 1.807) is 36.4 Å². The fourth-order valence-electron chi connectivity index (χ4n) is 3.59. The average molecular weight is 453 g/mol. The second-order valence-corrected chi connectivity index (χ2v) is 8.60. The highest BCUT2D eigenvalue weighted by molar-refractivity contribution is 6.01. The highest BCUT2D eigenvalue weighted by Gasteiger charge is 2.25. The fourth-order valence-corrected chi connectivity index (χ4v) is 3.59. The molecule has 0 bridgehead atoms. The van der Waals surface area contributed by atoms with E-state index in [9.17, 15) is 14.4 Å². The molecule has 3 rings (SSSR count). The topological polar surface area (TPSA) is 109 Å². The van der Waals surface area contributed by atoms with Gasteiger partial charge in [0.1, 0.15) is 6.04 Å². The van der Waals surface area contributed by atoms with Crippen LogP contribution in [0.1, 0.15) is 42.6 Å². The van der Waals surface area contributed by atoms with Gasteiger partial charge >= 0.3 is 6.03 Å². The minimum Gasteiger partial charge on any atom is -0.376 e. The lowest BCUT2D eigenvalue weighted by atomic mass is 10.0. The third-order valence-corrected chi connectivity index (χ3v) is 5.44. The number of anilines is 2. The van der Waals surface area contributed by atoms with Gasteiger partial charge in [-0.15, -0.1) is 0 Å². The predicted molar refractivity (Wildman–Crippen MR) is 128 cm³/mol. The zero-order valence-electron chi connectivity index (χ0n) is 19.3. The summed E-state index contributed by atoms with van der Waals surface area (Å²) in [5.41, 5.74) is 2.66. The molecule has 0 radical (unpaired) electrons. The largest absolute Gasteiger partial charge is 0.376 e. The number of nitrogens with one attached hydrogen (secondary N) is 4. The molecule has 2 atom stereocenters. The molecule has 1 aliphatic rings. The van der Waals surface area contributed by atoms with Gasteiger partial charge in [-0.25, -0.2) is 4.79 Å². The summed E-state index contributed by atoms with van der Waals surface area (Å²) in [7, 11) is 0. The van der Waals surface area contributed by atoms with Crippen molar-refractivity contribution < 1.29 is 19.1 Å². The second kappa shape index (κ2) is 11.5. The first-order chi connectivity index (χ1) is 15.8. The summed E-state index contributed by atoms with van der Waals surface area (Å²) in [6.45, 7) is 6.89. The maximum Gasteiger partial charge on any atom is 0.319 e. The van der Waals surface area contributed by atoms with Crippen LogP contribution in [0.15, 0.2) is 48.5 Å². The number of hydrogen-bond donors (Lipinski definition) is 4. The number of ether oxygens (including phenoxy) is 1. The van der Waals surface area contributed by atoms with E-state index in [1.807, 2.05) is 32.9 Å². The summed E-state index contributed by atoms with van der Waals surface area (Å²) in [6, 6.07) is 13.0. The second-order valence-electron chi connectivity index (χ2n) is 8.60. The molecule has 4 amide bonds. The maximum absolute atomic E-state index is 12.8. The van der Waals surface area contributed by atoms with E-state index in [-0.39, 0.29) is 29.9 Å². The number of carbonyl (C=O) groups is 3. The molecule has 0 spiro atoms. The summed E-state index contributed by atoms with van der Waals surface area (Å²) in [5.74, 6) is -0.700. The molecule has 0 saturated carbocycles. The zero-order valence-corrected chi connectivity index (χ0v) is 19.3. The van der Waals surface area contributed by atoms with Crippen LogP contribution in [0.3, 0.4) is 0 Å². The molecule has 2 aromatic carbocycles. The Bertz CT molecular complexity index is 969. The number of urea groups is 1. The molecule has 1 saturated heterocycles. The van der Waals surface area contributed by atoms with E-state index >= 15 is 0 Å². The molecule has 1 fully saturated rings. The van der Waals surface area contributed by atoms with E-state index in [2.05, 4.69) is 21.3 Å². The summed E-state index contributed by atoms with van der Waals surface area (Å²) < 4.78 is 5.49. The van der Waals surface area contributed by atoms with Crippen LogP contribution in [0.4, 0.5) is 16.2 Å². The fraction of sp³-hybridized carbons (Fsp3) is 0.400. The Hall–Kier alpha value is -3.39. The van der Waals surface area contributed by atoms with Gasteiger partial charge in [0.15, 0.2) is 0 Å². The van der Waals surface area contributed by atoms with Gasteiger partial charge in [0.25, 0.3) is 5.91 Å². The van der Waals surface area contributed by atoms with Crippen LogP contribution in [-0.2, 0) is 9.53 Å². The summed E-state index contributed by atoms with van der Waals surface area (Å²) >= 11 is 0. The van der Waals surface area contributed by atoms with Gasteiger partial charge in [-0.3, -0.25) is 9.59 Å². The van der Waals surface area contributed by atoms with Crippen LogP contribution in [0, 0.1) is 12.8 Å². The van der Waals surface area contributed by atoms with Gasteiger partial charge in [-0.05, 0) is 62.1 Å². The lowest BCUT2D eigenvalue weighted by molar-refractivity contribution is -0.118. The SMILES string of the molecule is Cc1cccc(C(=O)NC(C(=O)Nc2ccc(NC(=O)NCC3CCCO3)cc2)C(C)C)c1. The smallest absolute Gasteiger partial charge is 0.319 e. The van der Waals surface area contributed by atoms with Crippen molar-refractivity contribution in [1.82, 2.24) is 10.6 Å². The Labute approximate surface area is 194 Å². The average Bonchev–Trinajstić information content (AvgIpc) is 3.30. The van der Waals surface area contributed by atoms with Crippen LogP contribution in [0.2, 0.25) is 0 Å². The molecule has 2 unspecified atom stereocenters. The van der Waals surface area contributed by atoms with E-state index < -0.39 is 6.04 Å². The highest BCUT2D eigenvalue weighted by Crippen LogP contribution is 2.16. The van der Waals surface area contributed by atoms with Gasteiger partial charge in [-0.2, -0.15) is 0 Å². The van der Waals surface area contributed by atoms with Crippen molar-refractivity contribution in [2.75, 3.05) is 23.8 Å². The molecule has 0 aliphatic carbocycles. The molecule has 8 heteroatoms. The molecule has 1 aliphatic heterocycles. The quantitative estimate of drug-likeness (QED) is 0.490. The van der Waals surface area contributed by atoms with Crippen molar-refractivity contribution in [1.29, 1.82) is 0 Å². The number of rotatable bonds is 8. The number of aryl methyl sites for hydroxylation is 1. The van der Waals surface area contributed by atoms with Gasteiger partial charge in [0.05, 0.1) is 6.10 Å². The van der Waals surface area contributed by atoms with E-state index in [1.165, 1.54) is 0 Å². The number of carbonyl (C=O) groups excluding carboxylic acids is 3. The lowest BCUT2D eigenvalue weighted by Crippen LogP contribution is -2.47. The molecular formula is C25H32N4O4. The summed E-state index contributed by atoms with van der Waals surface area (Å²) in [4.78, 5) is 37.5. The first-order valence-corrected chi connectivity index (χ1v) is 11.3. The first-order valence-electron chi connectivity index (χ1n) is 11.3. The molecule has 176 valence electrons. The van der Waals surface area contributed by atoms with Crippen molar-refractivity contribution in [3.63, 3.8) is 0 Å². The van der Waals surface area contributed by atoms with Gasteiger partial charge in [-0.1, -0.05) is 31.5 Å². The van der Waals surface area contributed by atoms with E-state index in [4.69, 9.17) is 4.74 Å². The lowest BCUT2D eigenvalue weighted by Gasteiger charge is -2.22. The van der Waals surface area contributed by atoms with Crippen LogP contribution < -0.4 is 21.3 Å². The Morgan fingerprint density at radius 1 is 1.03 bits per heavy atom. The van der Waals surface area contributed by atoms with Crippen molar-refractivity contribution in [2.24, 2.45) is 5.92 Å². The molecule has 33 heavy (non-hydrogen) atoms. The minimum absolute atomic E-state index is 0.0775. The van der Waals surface area contributed by atoms with Gasteiger partial charge in [0.2, 0.25) is 5.91 Å². The Kier molecular flexibility index (Phi) is 8.43. The highest BCUT2D eigenvalue weighted by atomic mass is 16.5. The first kappa shape index (κ1) is 24.3. The number of benzene rings is 2. The van der Waals surface area contributed by atoms with Crippen molar-refractivity contribution in [2.45, 2.75) is 45.8 Å². The standard InChI is InChI=1S/C25H32N4O4/c1-16(2)22(29-23(30)18-7-4-6-17(3)14-18)24(31)27-19-9-11-20(12-10-19)28-25(32)26-15-21-8-5-13-33-21/h4,6-7,9-12,14,16,21-22H,5,8,13,15H2,1-3H3,(H,27,31)(H,29,30)(H2,26,28,32). The predicted octanol–water partition coefficient (Wildman–Crippen LogP) is 3.69. The Morgan fingerprint density at radius 3 is 2.33 bits per heavy atom. The van der Waals surface area contributed by atoms with Crippen LogP contribution in [0.25, 0.3) is 0 Å². The van der Waals surface area contributed by atoms with E-state index in [0.29, 0.717) is 23.5 Å². The minimum atomic E-state index is -0.695. The molecular weight excluding hydrogens is 420 g/mol. The van der Waals surface area contributed by atoms with Crippen molar-refractivity contribution in [3.05, 3.63) is 59.7 Å².